The summed E-state index contributed by atoms with van der Waals surface area (Å²) in [6.07, 6.45) is 2.41. The van der Waals surface area contributed by atoms with Gasteiger partial charge in [0.25, 0.3) is 0 Å². The molecule has 0 bridgehead atoms. The van der Waals surface area contributed by atoms with Crippen molar-refractivity contribution in [1.29, 1.82) is 0 Å². The highest BCUT2D eigenvalue weighted by molar-refractivity contribution is 5.73. The predicted molar refractivity (Wildman–Crippen MR) is 63.2 cm³/mol. The molecule has 3 N–H and O–H groups in total. The highest BCUT2D eigenvalue weighted by atomic mass is 16.5. The standard InChI is InChI=1S/C11H23N3O2/c12-11(15)3-1-2-4-13-5-6-14-7-9-16-10-8-14/h13H,1-10H2,(H2,12,15). The molecule has 0 spiro atoms. The van der Waals surface area contributed by atoms with E-state index >= 15 is 0 Å². The number of nitrogens with one attached hydrogen (secondary N) is 1. The van der Waals surface area contributed by atoms with Gasteiger partial charge in [-0.15, -0.1) is 0 Å². The maximum atomic E-state index is 10.5. The first-order valence-electron chi connectivity index (χ1n) is 6.08. The van der Waals surface area contributed by atoms with Crippen molar-refractivity contribution in [2.75, 3.05) is 45.9 Å². The van der Waals surface area contributed by atoms with Gasteiger partial charge in [-0.1, -0.05) is 0 Å². The average Bonchev–Trinajstić information content (AvgIpc) is 2.29. The zero-order valence-corrected chi connectivity index (χ0v) is 9.91. The molecule has 1 aliphatic rings. The third-order valence-electron chi connectivity index (χ3n) is 2.74. The van der Waals surface area contributed by atoms with Gasteiger partial charge in [0.2, 0.25) is 5.91 Å². The van der Waals surface area contributed by atoms with E-state index in [-0.39, 0.29) is 5.91 Å². The van der Waals surface area contributed by atoms with Gasteiger partial charge in [0.15, 0.2) is 0 Å². The second-order valence-corrected chi connectivity index (χ2v) is 4.13. The normalized spacial score (nSPS) is 17.5. The first kappa shape index (κ1) is 13.4. The Bertz CT molecular complexity index is 194. The lowest BCUT2D eigenvalue weighted by molar-refractivity contribution is -0.118. The van der Waals surface area contributed by atoms with Gasteiger partial charge in [-0.25, -0.2) is 0 Å². The Morgan fingerprint density at radius 2 is 2.00 bits per heavy atom. The molecular formula is C11H23N3O2. The number of nitrogens with two attached hydrogens (primary N) is 1. The minimum atomic E-state index is -0.201. The highest BCUT2D eigenvalue weighted by Gasteiger charge is 2.08. The van der Waals surface area contributed by atoms with Crippen molar-refractivity contribution in [3.63, 3.8) is 0 Å². The van der Waals surface area contributed by atoms with Crippen molar-refractivity contribution < 1.29 is 9.53 Å². The molecule has 1 heterocycles. The summed E-state index contributed by atoms with van der Waals surface area (Å²) in [6, 6.07) is 0. The number of hydrogen-bond donors (Lipinski definition) is 2. The van der Waals surface area contributed by atoms with E-state index in [1.807, 2.05) is 0 Å². The van der Waals surface area contributed by atoms with Crippen LogP contribution in [0.1, 0.15) is 19.3 Å². The number of amides is 1. The average molecular weight is 229 g/mol. The van der Waals surface area contributed by atoms with Gasteiger partial charge >= 0.3 is 0 Å². The number of unbranched alkanes of at least 4 members (excludes halogenated alkanes) is 1. The van der Waals surface area contributed by atoms with Crippen molar-refractivity contribution in [1.82, 2.24) is 10.2 Å². The lowest BCUT2D eigenvalue weighted by Crippen LogP contribution is -2.40. The van der Waals surface area contributed by atoms with Crippen molar-refractivity contribution in [3.05, 3.63) is 0 Å². The molecule has 0 aromatic rings. The Hall–Kier alpha value is -0.650. The summed E-state index contributed by atoms with van der Waals surface area (Å²) in [5.74, 6) is -0.201. The summed E-state index contributed by atoms with van der Waals surface area (Å²) in [5.41, 5.74) is 5.05. The first-order valence-corrected chi connectivity index (χ1v) is 6.08. The molecule has 1 rings (SSSR count). The van der Waals surface area contributed by atoms with Crippen molar-refractivity contribution in [2.24, 2.45) is 5.73 Å². The van der Waals surface area contributed by atoms with Crippen LogP contribution in [-0.4, -0.2) is 56.7 Å². The molecule has 0 unspecified atom stereocenters. The van der Waals surface area contributed by atoms with Crippen molar-refractivity contribution in [3.8, 4) is 0 Å². The summed E-state index contributed by atoms with van der Waals surface area (Å²) >= 11 is 0. The van der Waals surface area contributed by atoms with Crippen LogP contribution in [0.3, 0.4) is 0 Å². The van der Waals surface area contributed by atoms with E-state index in [9.17, 15) is 4.79 Å². The van der Waals surface area contributed by atoms with Crippen LogP contribution >= 0.6 is 0 Å². The van der Waals surface area contributed by atoms with Crippen molar-refractivity contribution in [2.45, 2.75) is 19.3 Å². The van der Waals surface area contributed by atoms with E-state index in [0.717, 1.165) is 58.8 Å². The van der Waals surface area contributed by atoms with Gasteiger partial charge in [-0.2, -0.15) is 0 Å². The van der Waals surface area contributed by atoms with Gasteiger partial charge in [0.1, 0.15) is 0 Å². The number of carbonyl (C=O) groups excluding carboxylic acids is 1. The number of primary amides is 1. The third-order valence-corrected chi connectivity index (χ3v) is 2.74. The van der Waals surface area contributed by atoms with E-state index in [4.69, 9.17) is 10.5 Å². The van der Waals surface area contributed by atoms with Gasteiger partial charge in [-0.05, 0) is 19.4 Å². The maximum Gasteiger partial charge on any atom is 0.217 e. The first-order chi connectivity index (χ1) is 7.79. The predicted octanol–water partition coefficient (Wildman–Crippen LogP) is -0.436. The van der Waals surface area contributed by atoms with Crippen LogP contribution in [0.4, 0.5) is 0 Å². The number of hydrogen-bond acceptors (Lipinski definition) is 4. The van der Waals surface area contributed by atoms with E-state index < -0.39 is 0 Å². The third kappa shape index (κ3) is 6.76. The molecule has 0 radical (unpaired) electrons. The molecule has 0 saturated carbocycles. The Morgan fingerprint density at radius 3 is 2.69 bits per heavy atom. The SMILES string of the molecule is NC(=O)CCCCNCCN1CCOCC1. The van der Waals surface area contributed by atoms with Gasteiger partial charge in [0, 0.05) is 32.6 Å². The van der Waals surface area contributed by atoms with Gasteiger partial charge in [0.05, 0.1) is 13.2 Å². The zero-order valence-electron chi connectivity index (χ0n) is 9.91. The van der Waals surface area contributed by atoms with Crippen molar-refractivity contribution >= 4 is 5.91 Å². The lowest BCUT2D eigenvalue weighted by Gasteiger charge is -2.26. The largest absolute Gasteiger partial charge is 0.379 e. The summed E-state index contributed by atoms with van der Waals surface area (Å²) < 4.78 is 5.28. The molecule has 0 aromatic heterocycles. The second-order valence-electron chi connectivity index (χ2n) is 4.13. The van der Waals surface area contributed by atoms with Crippen LogP contribution in [0.25, 0.3) is 0 Å². The van der Waals surface area contributed by atoms with Crippen LogP contribution in [0.5, 0.6) is 0 Å². The van der Waals surface area contributed by atoms with Crippen LogP contribution < -0.4 is 11.1 Å². The second kappa shape index (κ2) is 8.50. The van der Waals surface area contributed by atoms with Crippen LogP contribution in [0.2, 0.25) is 0 Å². The Labute approximate surface area is 97.3 Å². The molecule has 5 heteroatoms. The molecule has 5 nitrogen and oxygen atoms in total. The fraction of sp³-hybridized carbons (Fsp3) is 0.909. The van der Waals surface area contributed by atoms with Gasteiger partial charge in [-0.3, -0.25) is 9.69 Å². The minimum Gasteiger partial charge on any atom is -0.379 e. The molecule has 1 aliphatic heterocycles. The fourth-order valence-corrected chi connectivity index (χ4v) is 1.74. The summed E-state index contributed by atoms with van der Waals surface area (Å²) in [4.78, 5) is 12.9. The monoisotopic (exact) mass is 229 g/mol. The van der Waals surface area contributed by atoms with E-state index in [0.29, 0.717) is 6.42 Å². The number of morpholine rings is 1. The molecule has 1 fully saturated rings. The number of ether oxygens (including phenoxy) is 1. The zero-order chi connectivity index (χ0) is 11.6. The molecule has 0 aromatic carbocycles. The molecular weight excluding hydrogens is 206 g/mol. The van der Waals surface area contributed by atoms with Crippen LogP contribution in [-0.2, 0) is 9.53 Å². The lowest BCUT2D eigenvalue weighted by atomic mass is 10.2. The number of rotatable bonds is 8. The van der Waals surface area contributed by atoms with E-state index in [2.05, 4.69) is 10.2 Å². The quantitative estimate of drug-likeness (QED) is 0.554. The number of nitrogens with zero attached hydrogens (tertiary/aromatic N) is 1. The Morgan fingerprint density at radius 1 is 1.25 bits per heavy atom. The maximum absolute atomic E-state index is 10.5. The minimum absolute atomic E-state index is 0.201. The van der Waals surface area contributed by atoms with E-state index in [1.54, 1.807) is 0 Å². The molecule has 0 aliphatic carbocycles. The highest BCUT2D eigenvalue weighted by Crippen LogP contribution is 1.95. The summed E-state index contributed by atoms with van der Waals surface area (Å²) in [5, 5.41) is 3.37. The van der Waals surface area contributed by atoms with Gasteiger partial charge < -0.3 is 15.8 Å². The molecule has 1 amide bonds. The summed E-state index contributed by atoms with van der Waals surface area (Å²) in [7, 11) is 0. The summed E-state index contributed by atoms with van der Waals surface area (Å²) in [6.45, 7) is 6.87. The molecule has 94 valence electrons. The molecule has 0 atom stereocenters. The Balaban J connectivity index is 1.82. The smallest absolute Gasteiger partial charge is 0.217 e. The Kier molecular flexibility index (Phi) is 7.12. The fourth-order valence-electron chi connectivity index (χ4n) is 1.74. The molecule has 16 heavy (non-hydrogen) atoms. The molecule has 1 saturated heterocycles. The van der Waals surface area contributed by atoms with E-state index in [1.165, 1.54) is 0 Å². The van der Waals surface area contributed by atoms with Crippen LogP contribution in [0, 0.1) is 0 Å². The topological polar surface area (TPSA) is 67.6 Å². The van der Waals surface area contributed by atoms with Crippen LogP contribution in [0.15, 0.2) is 0 Å². The number of carbonyl (C=O) groups is 1.